The fraction of sp³-hybridized carbons (Fsp3) is 0.143. The minimum Gasteiger partial charge on any atom is -0.361 e. The molecule has 0 bridgehead atoms. The molecule has 1 aromatic rings. The Morgan fingerprint density at radius 3 is 2.58 bits per heavy atom. The number of thiophene rings is 1. The average Bonchev–Trinajstić information content (AvgIpc) is 2.36. The summed E-state index contributed by atoms with van der Waals surface area (Å²) in [6.45, 7) is 1.84. The Bertz CT molecular complexity index is 319. The number of carbonyl (C=O) groups is 2. The molecule has 0 saturated heterocycles. The minimum absolute atomic E-state index is 0.642. The molecule has 12 heavy (non-hydrogen) atoms. The van der Waals surface area contributed by atoms with Crippen molar-refractivity contribution in [3.05, 3.63) is 16.3 Å². The molecule has 0 aliphatic rings. The van der Waals surface area contributed by atoms with Gasteiger partial charge in [-0.15, -0.1) is 11.3 Å². The molecule has 5 heteroatoms. The van der Waals surface area contributed by atoms with Crippen molar-refractivity contribution in [2.24, 2.45) is 5.73 Å². The first-order valence-electron chi connectivity index (χ1n) is 3.25. The number of aryl methyl sites for hydroxylation is 1. The van der Waals surface area contributed by atoms with Crippen molar-refractivity contribution in [2.75, 3.05) is 5.32 Å². The third kappa shape index (κ3) is 1.82. The Morgan fingerprint density at radius 2 is 2.17 bits per heavy atom. The average molecular weight is 184 g/mol. The van der Waals surface area contributed by atoms with Gasteiger partial charge in [0.1, 0.15) is 0 Å². The molecule has 2 amide bonds. The van der Waals surface area contributed by atoms with E-state index in [9.17, 15) is 9.59 Å². The zero-order valence-corrected chi connectivity index (χ0v) is 7.27. The smallest absolute Gasteiger partial charge is 0.313 e. The zero-order valence-electron chi connectivity index (χ0n) is 6.46. The monoisotopic (exact) mass is 184 g/mol. The molecule has 0 unspecified atom stereocenters. The van der Waals surface area contributed by atoms with Crippen LogP contribution in [0.3, 0.4) is 0 Å². The minimum atomic E-state index is -0.972. The van der Waals surface area contributed by atoms with Gasteiger partial charge in [0.25, 0.3) is 0 Å². The van der Waals surface area contributed by atoms with Gasteiger partial charge in [-0.05, 0) is 17.9 Å². The fourth-order valence-electron chi connectivity index (χ4n) is 0.673. The first kappa shape index (κ1) is 8.73. The second-order valence-electron chi connectivity index (χ2n) is 2.29. The summed E-state index contributed by atoms with van der Waals surface area (Å²) in [5.41, 5.74) is 6.32. The lowest BCUT2D eigenvalue weighted by atomic mass is 10.3. The van der Waals surface area contributed by atoms with Crippen molar-refractivity contribution in [2.45, 2.75) is 6.92 Å². The molecule has 0 saturated carbocycles. The van der Waals surface area contributed by atoms with E-state index in [1.807, 2.05) is 12.3 Å². The van der Waals surface area contributed by atoms with E-state index < -0.39 is 11.8 Å². The van der Waals surface area contributed by atoms with Gasteiger partial charge in [0, 0.05) is 5.38 Å². The van der Waals surface area contributed by atoms with Crippen LogP contribution >= 0.6 is 11.3 Å². The highest BCUT2D eigenvalue weighted by molar-refractivity contribution is 7.08. The van der Waals surface area contributed by atoms with E-state index in [0.29, 0.717) is 5.69 Å². The lowest BCUT2D eigenvalue weighted by molar-refractivity contribution is -0.134. The lowest BCUT2D eigenvalue weighted by Crippen LogP contribution is -2.29. The van der Waals surface area contributed by atoms with Crippen LogP contribution in [0, 0.1) is 6.92 Å². The normalized spacial score (nSPS) is 9.42. The van der Waals surface area contributed by atoms with Crippen molar-refractivity contribution in [1.82, 2.24) is 0 Å². The third-order valence-corrected chi connectivity index (χ3v) is 2.19. The van der Waals surface area contributed by atoms with E-state index in [2.05, 4.69) is 5.32 Å². The van der Waals surface area contributed by atoms with Crippen LogP contribution in [0.15, 0.2) is 10.8 Å². The van der Waals surface area contributed by atoms with E-state index in [1.54, 1.807) is 5.38 Å². The number of primary amides is 1. The van der Waals surface area contributed by atoms with Gasteiger partial charge < -0.3 is 11.1 Å². The van der Waals surface area contributed by atoms with Crippen LogP contribution in [0.4, 0.5) is 5.69 Å². The van der Waals surface area contributed by atoms with Crippen molar-refractivity contribution in [3.63, 3.8) is 0 Å². The Labute approximate surface area is 73.4 Å². The van der Waals surface area contributed by atoms with Crippen LogP contribution in [0.25, 0.3) is 0 Å². The number of anilines is 1. The number of nitrogens with two attached hydrogens (primary N) is 1. The van der Waals surface area contributed by atoms with Crippen molar-refractivity contribution in [3.8, 4) is 0 Å². The second-order valence-corrected chi connectivity index (χ2v) is 3.03. The van der Waals surface area contributed by atoms with E-state index in [0.717, 1.165) is 5.56 Å². The highest BCUT2D eigenvalue weighted by atomic mass is 32.1. The van der Waals surface area contributed by atoms with Crippen molar-refractivity contribution >= 4 is 28.8 Å². The molecule has 1 rings (SSSR count). The Kier molecular flexibility index (Phi) is 2.44. The number of amides is 2. The third-order valence-electron chi connectivity index (χ3n) is 1.33. The number of hydrogen-bond donors (Lipinski definition) is 2. The Hall–Kier alpha value is -1.36. The highest BCUT2D eigenvalue weighted by Gasteiger charge is 2.09. The highest BCUT2D eigenvalue weighted by Crippen LogP contribution is 2.18. The van der Waals surface area contributed by atoms with E-state index in [1.165, 1.54) is 11.3 Å². The molecule has 4 nitrogen and oxygen atoms in total. The molecule has 0 fully saturated rings. The summed E-state index contributed by atoms with van der Waals surface area (Å²) in [5.74, 6) is -1.75. The van der Waals surface area contributed by atoms with Crippen molar-refractivity contribution in [1.29, 1.82) is 0 Å². The van der Waals surface area contributed by atoms with Gasteiger partial charge in [-0.1, -0.05) is 0 Å². The maximum atomic E-state index is 10.8. The lowest BCUT2D eigenvalue weighted by Gasteiger charge is -1.99. The van der Waals surface area contributed by atoms with Crippen LogP contribution < -0.4 is 11.1 Å². The molecule has 1 heterocycles. The molecule has 0 atom stereocenters. The molecule has 3 N–H and O–H groups in total. The standard InChI is InChI=1S/C7H8N2O2S/c1-4-2-12-3-5(4)9-7(11)6(8)10/h2-3H,1H3,(H2,8,10)(H,9,11). The molecule has 64 valence electrons. The molecular weight excluding hydrogens is 176 g/mol. The molecule has 0 spiro atoms. The number of nitrogens with one attached hydrogen (secondary N) is 1. The number of carbonyl (C=O) groups excluding carboxylic acids is 2. The molecule has 0 radical (unpaired) electrons. The summed E-state index contributed by atoms with van der Waals surface area (Å²) in [5, 5.41) is 6.00. The Balaban J connectivity index is 2.71. The predicted octanol–water partition coefficient (Wildman–Crippen LogP) is 0.480. The summed E-state index contributed by atoms with van der Waals surface area (Å²) < 4.78 is 0. The van der Waals surface area contributed by atoms with Crippen LogP contribution in [-0.4, -0.2) is 11.8 Å². The molecule has 0 aromatic carbocycles. The van der Waals surface area contributed by atoms with Gasteiger partial charge in [-0.25, -0.2) is 0 Å². The topological polar surface area (TPSA) is 72.2 Å². The fourth-order valence-corrected chi connectivity index (χ4v) is 1.45. The number of hydrogen-bond acceptors (Lipinski definition) is 3. The van der Waals surface area contributed by atoms with Crippen LogP contribution in [0.1, 0.15) is 5.56 Å². The van der Waals surface area contributed by atoms with Gasteiger partial charge in [0.15, 0.2) is 0 Å². The molecule has 0 aliphatic carbocycles. The quantitative estimate of drug-likeness (QED) is 0.623. The largest absolute Gasteiger partial charge is 0.361 e. The first-order chi connectivity index (χ1) is 5.61. The zero-order chi connectivity index (χ0) is 9.14. The Morgan fingerprint density at radius 1 is 1.50 bits per heavy atom. The van der Waals surface area contributed by atoms with Crippen LogP contribution in [0.2, 0.25) is 0 Å². The van der Waals surface area contributed by atoms with Gasteiger partial charge in [0.2, 0.25) is 0 Å². The maximum Gasteiger partial charge on any atom is 0.313 e. The van der Waals surface area contributed by atoms with E-state index in [-0.39, 0.29) is 0 Å². The van der Waals surface area contributed by atoms with Crippen molar-refractivity contribution < 1.29 is 9.59 Å². The van der Waals surface area contributed by atoms with Crippen LogP contribution in [-0.2, 0) is 9.59 Å². The summed E-state index contributed by atoms with van der Waals surface area (Å²) in [6.07, 6.45) is 0. The van der Waals surface area contributed by atoms with E-state index in [4.69, 9.17) is 5.73 Å². The molecule has 1 aromatic heterocycles. The van der Waals surface area contributed by atoms with Gasteiger partial charge in [-0.2, -0.15) is 0 Å². The SMILES string of the molecule is Cc1cscc1NC(=O)C(N)=O. The van der Waals surface area contributed by atoms with Crippen LogP contribution in [0.5, 0.6) is 0 Å². The predicted molar refractivity (Wildman–Crippen MR) is 46.9 cm³/mol. The maximum absolute atomic E-state index is 10.8. The molecule has 0 aliphatic heterocycles. The van der Waals surface area contributed by atoms with Gasteiger partial charge in [0.05, 0.1) is 5.69 Å². The summed E-state index contributed by atoms with van der Waals surface area (Å²) in [6, 6.07) is 0. The summed E-state index contributed by atoms with van der Waals surface area (Å²) in [7, 11) is 0. The van der Waals surface area contributed by atoms with Gasteiger partial charge in [-0.3, -0.25) is 9.59 Å². The summed E-state index contributed by atoms with van der Waals surface area (Å²) >= 11 is 1.45. The van der Waals surface area contributed by atoms with E-state index >= 15 is 0 Å². The first-order valence-corrected chi connectivity index (χ1v) is 4.19. The number of rotatable bonds is 1. The molecular formula is C7H8N2O2S. The second kappa shape index (κ2) is 3.36. The van der Waals surface area contributed by atoms with Gasteiger partial charge >= 0.3 is 11.8 Å². The summed E-state index contributed by atoms with van der Waals surface area (Å²) in [4.78, 5) is 21.1.